The largest absolute Gasteiger partial charge is 0.395 e. The number of unbranched alkanes of at least 4 members (excludes halogenated alkanes) is 1. The molecule has 1 spiro atoms. The van der Waals surface area contributed by atoms with Gasteiger partial charge in [-0.25, -0.2) is 8.42 Å². The molecule has 12 nitrogen and oxygen atoms in total. The van der Waals surface area contributed by atoms with E-state index in [1.54, 1.807) is 17.0 Å². The maximum absolute atomic E-state index is 13.8. The van der Waals surface area contributed by atoms with Crippen molar-refractivity contribution in [3.63, 3.8) is 0 Å². The zero-order valence-electron chi connectivity index (χ0n) is 26.7. The number of aromatic amines is 1. The summed E-state index contributed by atoms with van der Waals surface area (Å²) in [5.41, 5.74) is 2.59. The number of likely N-dealkylation sites (N-methyl/N-ethyl adjacent to an activating group) is 1. The summed E-state index contributed by atoms with van der Waals surface area (Å²) in [4.78, 5) is 31.7. The Morgan fingerprint density at radius 3 is 2.30 bits per heavy atom. The van der Waals surface area contributed by atoms with Gasteiger partial charge in [0.1, 0.15) is 11.6 Å². The molecule has 2 aliphatic rings. The minimum Gasteiger partial charge on any atom is -0.395 e. The van der Waals surface area contributed by atoms with Gasteiger partial charge >= 0.3 is 0 Å². The number of nitrogens with one attached hydrogen (secondary N) is 2. The molecule has 4 N–H and O–H groups in total. The van der Waals surface area contributed by atoms with E-state index in [9.17, 15) is 28.2 Å². The average molecular weight is 633 g/mol. The molecule has 0 aliphatic carbocycles. The van der Waals surface area contributed by atoms with Gasteiger partial charge in [-0.2, -0.15) is 9.40 Å². The van der Waals surface area contributed by atoms with Crippen molar-refractivity contribution >= 4 is 21.8 Å². The number of piperidine rings is 1. The summed E-state index contributed by atoms with van der Waals surface area (Å²) in [7, 11) is -2.32. The second-order valence-electron chi connectivity index (χ2n) is 12.5. The van der Waals surface area contributed by atoms with Gasteiger partial charge in [-0.1, -0.05) is 39.3 Å². The molecule has 244 valence electrons. The van der Waals surface area contributed by atoms with E-state index < -0.39 is 27.7 Å². The topological polar surface area (TPSA) is 159 Å². The first-order valence-corrected chi connectivity index (χ1v) is 17.0. The predicted molar refractivity (Wildman–Crippen MR) is 166 cm³/mol. The number of benzene rings is 1. The maximum Gasteiger partial charge on any atom is 0.248 e. The highest BCUT2D eigenvalue weighted by atomic mass is 32.2. The van der Waals surface area contributed by atoms with Crippen LogP contribution in [0.15, 0.2) is 29.2 Å². The maximum atomic E-state index is 13.8. The number of piperazine rings is 1. The molecule has 3 atom stereocenters. The summed E-state index contributed by atoms with van der Waals surface area (Å²) >= 11 is 0. The van der Waals surface area contributed by atoms with Crippen LogP contribution in [0.5, 0.6) is 0 Å². The Labute approximate surface area is 260 Å². The first-order chi connectivity index (χ1) is 20.8. The smallest absolute Gasteiger partial charge is 0.248 e. The Morgan fingerprint density at radius 1 is 1.14 bits per heavy atom. The Kier molecular flexibility index (Phi) is 10.6. The highest BCUT2D eigenvalue weighted by Gasteiger charge is 2.55. The summed E-state index contributed by atoms with van der Waals surface area (Å²) in [6, 6.07) is 5.56. The number of aryl methyl sites for hydroxylation is 2. The molecule has 1 unspecified atom stereocenters. The number of carbonyl (C=O) groups excluding carboxylic acids is 2. The van der Waals surface area contributed by atoms with Gasteiger partial charge in [0.05, 0.1) is 29.3 Å². The van der Waals surface area contributed by atoms with Crippen molar-refractivity contribution in [3.05, 3.63) is 46.8 Å². The number of aliphatic hydroxyl groups is 2. The van der Waals surface area contributed by atoms with Crippen LogP contribution in [-0.2, 0) is 19.6 Å². The molecule has 2 aromatic rings. The van der Waals surface area contributed by atoms with Gasteiger partial charge in [-0.15, -0.1) is 0 Å². The van der Waals surface area contributed by atoms with Gasteiger partial charge in [0.15, 0.2) is 0 Å². The Hall–Kier alpha value is -2.84. The zero-order valence-corrected chi connectivity index (χ0v) is 27.5. The van der Waals surface area contributed by atoms with E-state index >= 15 is 0 Å². The lowest BCUT2D eigenvalue weighted by molar-refractivity contribution is -0.165. The van der Waals surface area contributed by atoms with Crippen LogP contribution in [0, 0.1) is 19.8 Å². The van der Waals surface area contributed by atoms with E-state index in [2.05, 4.69) is 20.4 Å². The van der Waals surface area contributed by atoms with E-state index in [-0.39, 0.29) is 41.8 Å². The molecular weight excluding hydrogens is 584 g/mol. The molecule has 0 saturated carbocycles. The van der Waals surface area contributed by atoms with Crippen molar-refractivity contribution in [2.75, 3.05) is 39.8 Å². The van der Waals surface area contributed by atoms with Crippen LogP contribution < -0.4 is 5.32 Å². The number of amides is 2. The Balaban J connectivity index is 1.66. The van der Waals surface area contributed by atoms with E-state index in [1.807, 2.05) is 46.8 Å². The first kappa shape index (κ1) is 34.0. The van der Waals surface area contributed by atoms with Crippen LogP contribution in [0.4, 0.5) is 0 Å². The summed E-state index contributed by atoms with van der Waals surface area (Å²) in [5, 5.41) is 30.4. The summed E-state index contributed by atoms with van der Waals surface area (Å²) in [6.45, 7) is 10.8. The van der Waals surface area contributed by atoms with E-state index in [4.69, 9.17) is 0 Å². The lowest BCUT2D eigenvalue weighted by Crippen LogP contribution is -2.75. The van der Waals surface area contributed by atoms with Crippen LogP contribution >= 0.6 is 0 Å². The second kappa shape index (κ2) is 13.7. The molecule has 4 rings (SSSR count). The zero-order chi connectivity index (χ0) is 32.4. The number of likely N-dealkylation sites (tertiary alicyclic amines) is 1. The normalized spacial score (nSPS) is 20.9. The Bertz CT molecular complexity index is 1400. The number of hydrogen-bond acceptors (Lipinski definition) is 8. The van der Waals surface area contributed by atoms with Crippen molar-refractivity contribution < 1.29 is 28.2 Å². The number of sulfonamides is 1. The van der Waals surface area contributed by atoms with Crippen LogP contribution in [0.25, 0.3) is 0 Å². The fourth-order valence-electron chi connectivity index (χ4n) is 6.53. The Morgan fingerprint density at radius 2 is 1.77 bits per heavy atom. The number of nitrogens with zero attached hydrogens (tertiary/aromatic N) is 4. The molecule has 2 saturated heterocycles. The van der Waals surface area contributed by atoms with Gasteiger partial charge in [0.25, 0.3) is 0 Å². The van der Waals surface area contributed by atoms with Gasteiger partial charge in [0.2, 0.25) is 21.8 Å². The third-order valence-electron chi connectivity index (χ3n) is 9.29. The average Bonchev–Trinajstić information content (AvgIpc) is 3.33. The van der Waals surface area contributed by atoms with Gasteiger partial charge in [-0.3, -0.25) is 19.6 Å². The van der Waals surface area contributed by atoms with Crippen molar-refractivity contribution in [1.29, 1.82) is 0 Å². The number of aromatic nitrogens is 2. The summed E-state index contributed by atoms with van der Waals surface area (Å²) in [6.07, 6.45) is 1.49. The number of carbonyl (C=O) groups is 2. The van der Waals surface area contributed by atoms with Gasteiger partial charge in [-0.05, 0) is 56.7 Å². The number of hydrogen-bond donors (Lipinski definition) is 4. The molecule has 2 aliphatic heterocycles. The highest BCUT2D eigenvalue weighted by Crippen LogP contribution is 2.40. The lowest BCUT2D eigenvalue weighted by atomic mass is 9.79. The fourth-order valence-corrected chi connectivity index (χ4v) is 7.69. The van der Waals surface area contributed by atoms with Crippen molar-refractivity contribution in [1.82, 2.24) is 29.6 Å². The summed E-state index contributed by atoms with van der Waals surface area (Å²) in [5.74, 6) is -0.633. The van der Waals surface area contributed by atoms with Crippen LogP contribution in [-0.4, -0.2) is 112 Å². The quantitative estimate of drug-likeness (QED) is 0.275. The molecule has 44 heavy (non-hydrogen) atoms. The minimum absolute atomic E-state index is 0.00181. The molecule has 2 fully saturated rings. The molecule has 3 heterocycles. The first-order valence-electron chi connectivity index (χ1n) is 15.5. The minimum atomic E-state index is -3.76. The van der Waals surface area contributed by atoms with E-state index in [0.717, 1.165) is 39.7 Å². The molecule has 1 aromatic carbocycles. The van der Waals surface area contributed by atoms with Crippen LogP contribution in [0.3, 0.4) is 0 Å². The number of H-pyrrole nitrogens is 1. The second-order valence-corrected chi connectivity index (χ2v) is 14.5. The molecule has 1 aromatic heterocycles. The molecule has 2 amide bonds. The third-order valence-corrected chi connectivity index (χ3v) is 11.2. The van der Waals surface area contributed by atoms with Crippen LogP contribution in [0.1, 0.15) is 75.0 Å². The van der Waals surface area contributed by atoms with Crippen LogP contribution in [0.2, 0.25) is 0 Å². The third kappa shape index (κ3) is 6.30. The van der Waals surface area contributed by atoms with Crippen molar-refractivity contribution in [2.24, 2.45) is 5.92 Å². The van der Waals surface area contributed by atoms with Gasteiger partial charge < -0.3 is 20.4 Å². The standard InChI is InChI=1S/C31H48N6O6S/c1-7-8-15-37-29(40)26(28(39)20(2)3)32-30(41)31(37)13-16-36(17-14-31)27(25-21(4)33-34-22(25)5)23-9-11-24(12-10-23)44(42,43)35(6)18-19-38/h9-12,20,26-28,38-39H,7-8,13-19H2,1-6H3,(H,32,41)(H,33,34)/t26-,27?,28-/m1/s1. The van der Waals surface area contributed by atoms with Crippen molar-refractivity contribution in [3.8, 4) is 0 Å². The summed E-state index contributed by atoms with van der Waals surface area (Å²) < 4.78 is 27.1. The fraction of sp³-hybridized carbons (Fsp3) is 0.645. The number of aliphatic hydroxyl groups excluding tert-OH is 2. The predicted octanol–water partition coefficient (Wildman–Crippen LogP) is 1.71. The van der Waals surface area contributed by atoms with E-state index in [1.165, 1.54) is 7.05 Å². The molecule has 0 radical (unpaired) electrons. The van der Waals surface area contributed by atoms with E-state index in [0.29, 0.717) is 32.5 Å². The molecule has 0 bridgehead atoms. The number of rotatable bonds is 12. The van der Waals surface area contributed by atoms with Gasteiger partial charge in [0, 0.05) is 44.5 Å². The highest BCUT2D eigenvalue weighted by molar-refractivity contribution is 7.89. The van der Waals surface area contributed by atoms with Crippen molar-refractivity contribution in [2.45, 2.75) is 88.9 Å². The SMILES string of the molecule is CCCCN1C(=O)[C@@H]([C@H](O)C(C)C)NC(=O)C12CCN(C(c1ccc(S(=O)(=O)N(C)CCO)cc1)c1c(C)n[nH]c1C)CC2. The molecule has 13 heteroatoms. The lowest BCUT2D eigenvalue weighted by Gasteiger charge is -2.53. The monoisotopic (exact) mass is 632 g/mol. The molecular formula is C31H48N6O6S.